The van der Waals surface area contributed by atoms with Gasteiger partial charge < -0.3 is 9.80 Å². The van der Waals surface area contributed by atoms with Gasteiger partial charge in [0.1, 0.15) is 5.69 Å². The third-order valence-corrected chi connectivity index (χ3v) is 5.12. The summed E-state index contributed by atoms with van der Waals surface area (Å²) in [6.07, 6.45) is 4.35. The molecule has 0 spiro atoms. The summed E-state index contributed by atoms with van der Waals surface area (Å²) >= 11 is 1.62. The average Bonchev–Trinajstić information content (AvgIpc) is 3.01. The normalized spacial score (nSPS) is 25.9. The van der Waals surface area contributed by atoms with E-state index >= 15 is 0 Å². The molecule has 0 saturated carbocycles. The molecule has 0 radical (unpaired) electrons. The van der Waals surface area contributed by atoms with Crippen LogP contribution in [0, 0.1) is 0 Å². The van der Waals surface area contributed by atoms with Gasteiger partial charge in [-0.3, -0.25) is 4.68 Å². The molecule has 0 aliphatic carbocycles. The molecule has 2 aromatic heterocycles. The zero-order valence-electron chi connectivity index (χ0n) is 11.4. The molecule has 20 heavy (non-hydrogen) atoms. The number of fused-ring (bicyclic) bond motifs is 4. The summed E-state index contributed by atoms with van der Waals surface area (Å²) in [5.74, 6) is 0. The van der Waals surface area contributed by atoms with E-state index in [-0.39, 0.29) is 0 Å². The minimum Gasteiger partial charge on any atom is -0.342 e. The van der Waals surface area contributed by atoms with E-state index in [0.717, 1.165) is 28.9 Å². The molecule has 3 aliphatic heterocycles. The van der Waals surface area contributed by atoms with Gasteiger partial charge in [0.2, 0.25) is 5.13 Å². The first-order valence-electron chi connectivity index (χ1n) is 6.99. The van der Waals surface area contributed by atoms with Crippen LogP contribution in [0.15, 0.2) is 6.20 Å². The molecule has 7 nitrogen and oxygen atoms in total. The molecule has 0 amide bonds. The molecule has 0 unspecified atom stereocenters. The Morgan fingerprint density at radius 3 is 2.70 bits per heavy atom. The van der Waals surface area contributed by atoms with Gasteiger partial charge in [0.25, 0.3) is 0 Å². The lowest BCUT2D eigenvalue weighted by Gasteiger charge is -2.30. The van der Waals surface area contributed by atoms with E-state index < -0.39 is 0 Å². The van der Waals surface area contributed by atoms with Crippen LogP contribution in [0.3, 0.4) is 0 Å². The van der Waals surface area contributed by atoms with Gasteiger partial charge >= 0.3 is 0 Å². The van der Waals surface area contributed by atoms with E-state index in [9.17, 15) is 0 Å². The van der Waals surface area contributed by atoms with Gasteiger partial charge in [-0.1, -0.05) is 16.6 Å². The van der Waals surface area contributed by atoms with Crippen LogP contribution in [-0.2, 0) is 7.05 Å². The van der Waals surface area contributed by atoms with Crippen molar-refractivity contribution in [2.24, 2.45) is 7.05 Å². The number of aryl methyl sites for hydroxylation is 1. The lowest BCUT2D eigenvalue weighted by molar-refractivity contribution is 0.250. The molecule has 0 N–H and O–H groups in total. The van der Waals surface area contributed by atoms with Crippen LogP contribution in [0.4, 0.5) is 5.13 Å². The van der Waals surface area contributed by atoms with Crippen molar-refractivity contribution in [1.82, 2.24) is 30.1 Å². The van der Waals surface area contributed by atoms with Crippen LogP contribution in [0.5, 0.6) is 0 Å². The van der Waals surface area contributed by atoms with E-state index in [2.05, 4.69) is 30.3 Å². The Morgan fingerprint density at radius 2 is 1.95 bits per heavy atom. The van der Waals surface area contributed by atoms with Gasteiger partial charge in [-0.15, -0.1) is 15.3 Å². The first-order chi connectivity index (χ1) is 9.79. The molecular weight excluding hydrogens is 274 g/mol. The smallest absolute Gasteiger partial charge is 0.208 e. The summed E-state index contributed by atoms with van der Waals surface area (Å²) in [4.78, 5) is 4.98. The second-order valence-corrected chi connectivity index (χ2v) is 6.39. The third-order valence-electron chi connectivity index (χ3n) is 4.14. The summed E-state index contributed by atoms with van der Waals surface area (Å²) in [5.41, 5.74) is 0.805. The fraction of sp³-hybridized carbons (Fsp3) is 0.667. The van der Waals surface area contributed by atoms with Gasteiger partial charge in [0, 0.05) is 39.3 Å². The third kappa shape index (κ3) is 2.08. The SMILES string of the molecule is Cn1cc(-c2nnc(N3CCN4CCC3CC4)s2)nn1. The van der Waals surface area contributed by atoms with Gasteiger partial charge in [0.15, 0.2) is 5.01 Å². The highest BCUT2D eigenvalue weighted by molar-refractivity contribution is 7.18. The maximum Gasteiger partial charge on any atom is 0.208 e. The highest BCUT2D eigenvalue weighted by Crippen LogP contribution is 2.32. The molecule has 8 heteroatoms. The molecule has 106 valence electrons. The first kappa shape index (κ1) is 12.2. The minimum atomic E-state index is 0.622. The van der Waals surface area contributed by atoms with Crippen molar-refractivity contribution >= 4 is 16.5 Å². The van der Waals surface area contributed by atoms with Crippen molar-refractivity contribution in [3.63, 3.8) is 0 Å². The Kier molecular flexibility index (Phi) is 2.92. The monoisotopic (exact) mass is 291 g/mol. The van der Waals surface area contributed by atoms with E-state index in [1.165, 1.54) is 25.9 Å². The number of nitrogens with zero attached hydrogens (tertiary/aromatic N) is 7. The Labute approximate surface area is 121 Å². The molecule has 2 bridgehead atoms. The lowest BCUT2D eigenvalue weighted by Crippen LogP contribution is -2.37. The molecule has 2 aromatic rings. The van der Waals surface area contributed by atoms with E-state index in [0.29, 0.717) is 6.04 Å². The quantitative estimate of drug-likeness (QED) is 0.808. The fourth-order valence-corrected chi connectivity index (χ4v) is 3.91. The summed E-state index contributed by atoms with van der Waals surface area (Å²) in [6.45, 7) is 4.63. The Hall–Kier alpha value is -1.54. The van der Waals surface area contributed by atoms with E-state index in [4.69, 9.17) is 0 Å². The van der Waals surface area contributed by atoms with Crippen LogP contribution >= 0.6 is 11.3 Å². The summed E-state index contributed by atoms with van der Waals surface area (Å²) in [6, 6.07) is 0.622. The highest BCUT2D eigenvalue weighted by Gasteiger charge is 2.31. The van der Waals surface area contributed by atoms with Crippen LogP contribution in [0.1, 0.15) is 12.8 Å². The number of anilines is 1. The molecule has 0 atom stereocenters. The van der Waals surface area contributed by atoms with E-state index in [1.54, 1.807) is 16.0 Å². The summed E-state index contributed by atoms with van der Waals surface area (Å²) in [5, 5.41) is 18.6. The van der Waals surface area contributed by atoms with Crippen molar-refractivity contribution in [2.45, 2.75) is 18.9 Å². The number of hydrogen-bond acceptors (Lipinski definition) is 7. The van der Waals surface area contributed by atoms with Gasteiger partial charge in [0.05, 0.1) is 6.20 Å². The summed E-state index contributed by atoms with van der Waals surface area (Å²) in [7, 11) is 1.86. The molecule has 3 fully saturated rings. The molecular formula is C12H17N7S. The zero-order valence-corrected chi connectivity index (χ0v) is 12.3. The maximum atomic E-state index is 4.38. The molecule has 3 aliphatic rings. The van der Waals surface area contributed by atoms with Crippen molar-refractivity contribution in [3.05, 3.63) is 6.20 Å². The lowest BCUT2D eigenvalue weighted by atomic mass is 10.1. The zero-order chi connectivity index (χ0) is 13.5. The Bertz CT molecular complexity index is 598. The fourth-order valence-electron chi connectivity index (χ4n) is 3.02. The second kappa shape index (κ2) is 4.78. The predicted molar refractivity (Wildman–Crippen MR) is 76.7 cm³/mol. The molecule has 5 heterocycles. The second-order valence-electron chi connectivity index (χ2n) is 5.43. The Balaban J connectivity index is 1.61. The maximum absolute atomic E-state index is 4.38. The molecule has 3 saturated heterocycles. The van der Waals surface area contributed by atoms with Gasteiger partial charge in [-0.2, -0.15) is 0 Å². The Morgan fingerprint density at radius 1 is 1.10 bits per heavy atom. The minimum absolute atomic E-state index is 0.622. The van der Waals surface area contributed by atoms with Crippen LogP contribution in [0.25, 0.3) is 10.7 Å². The molecule has 5 rings (SSSR count). The summed E-state index contributed by atoms with van der Waals surface area (Å²) < 4.78 is 1.69. The average molecular weight is 291 g/mol. The number of aromatic nitrogens is 5. The largest absolute Gasteiger partial charge is 0.342 e. The predicted octanol–water partition coefficient (Wildman–Crippen LogP) is 0.618. The van der Waals surface area contributed by atoms with E-state index in [1.807, 2.05) is 13.2 Å². The number of hydrogen-bond donors (Lipinski definition) is 0. The van der Waals surface area contributed by atoms with Crippen molar-refractivity contribution in [1.29, 1.82) is 0 Å². The first-order valence-corrected chi connectivity index (χ1v) is 7.80. The number of rotatable bonds is 2. The van der Waals surface area contributed by atoms with Gasteiger partial charge in [-0.25, -0.2) is 0 Å². The van der Waals surface area contributed by atoms with Crippen LogP contribution < -0.4 is 4.90 Å². The van der Waals surface area contributed by atoms with Crippen molar-refractivity contribution in [2.75, 3.05) is 31.1 Å². The molecule has 0 aromatic carbocycles. The number of piperidine rings is 1. The van der Waals surface area contributed by atoms with Crippen LogP contribution in [-0.4, -0.2) is 62.3 Å². The van der Waals surface area contributed by atoms with Crippen molar-refractivity contribution < 1.29 is 0 Å². The highest BCUT2D eigenvalue weighted by atomic mass is 32.1. The standard InChI is InChI=1S/C12H17N7S/c1-17-8-10(13-16-17)11-14-15-12(20-11)19-7-6-18-4-2-9(19)3-5-18/h8-9H,2-7H2,1H3. The van der Waals surface area contributed by atoms with Crippen molar-refractivity contribution in [3.8, 4) is 10.7 Å². The van der Waals surface area contributed by atoms with Crippen LogP contribution in [0.2, 0.25) is 0 Å². The van der Waals surface area contributed by atoms with Gasteiger partial charge in [-0.05, 0) is 12.8 Å². The topological polar surface area (TPSA) is 63.0 Å².